The number of carbonyl (C=O) groups is 6. The van der Waals surface area contributed by atoms with Gasteiger partial charge < -0.3 is 52.3 Å². The van der Waals surface area contributed by atoms with Crippen LogP contribution in [0.1, 0.15) is 118 Å². The number of pyridine rings is 1. The van der Waals surface area contributed by atoms with Gasteiger partial charge in [-0.3, -0.25) is 28.8 Å². The standard InChI is InChI=1S/C48H49N13O10S6/c1-8-23(36(65)49-12-19(3)62)51-37(66)27-15-74-45(56-27)31-18-75-44(58-31)25-11-10-22-34(50-25)26-13-76-46(53-26)33(21(5)64)60-39(68)29-17-77-47(57-29)35(48(6,7)71)61-40(69)30-16-73-43(55-30)24(9-2)52-41(70)32(20(4)63)59-38(67)28-14-72-42(22)54-28/h8-11,13-21,32-33,35,62-64,71H,12H2,1-7H3,(H,49,65)(H,51,66)(H,52,70)(H,59,67)(H,60,68)(H,61,69)/t19-,20-,21+,32+,33-,35-/m1/s1. The lowest BCUT2D eigenvalue weighted by Gasteiger charge is -2.28. The molecule has 29 heteroatoms. The predicted molar refractivity (Wildman–Crippen MR) is 292 cm³/mol. The zero-order valence-corrected chi connectivity index (χ0v) is 46.7. The van der Waals surface area contributed by atoms with Crippen molar-refractivity contribution in [3.8, 4) is 43.4 Å². The summed E-state index contributed by atoms with van der Waals surface area (Å²) < 4.78 is 0. The summed E-state index contributed by atoms with van der Waals surface area (Å²) in [6.45, 7) is 10.5. The van der Waals surface area contributed by atoms with E-state index in [9.17, 15) is 49.2 Å². The Kier molecular flexibility index (Phi) is 17.4. The molecule has 6 amide bonds. The average Bonchev–Trinajstić information content (AvgIpc) is 4.26. The Morgan fingerprint density at radius 1 is 0.649 bits per heavy atom. The fourth-order valence-electron chi connectivity index (χ4n) is 7.21. The van der Waals surface area contributed by atoms with Crippen LogP contribution in [0.4, 0.5) is 0 Å². The lowest BCUT2D eigenvalue weighted by molar-refractivity contribution is -0.124. The van der Waals surface area contributed by atoms with E-state index in [4.69, 9.17) is 15.0 Å². The molecule has 77 heavy (non-hydrogen) atoms. The number of thiazole rings is 6. The van der Waals surface area contributed by atoms with Crippen LogP contribution in [0.3, 0.4) is 0 Å². The van der Waals surface area contributed by atoms with Gasteiger partial charge in [0, 0.05) is 44.4 Å². The van der Waals surface area contributed by atoms with E-state index in [-0.39, 0.29) is 61.4 Å². The second-order valence-electron chi connectivity index (χ2n) is 17.7. The smallest absolute Gasteiger partial charge is 0.275 e. The fraction of sp³-hybridized carbons (Fsp3) is 0.312. The molecule has 0 saturated carbocycles. The quantitative estimate of drug-likeness (QED) is 0.0831. The van der Waals surface area contributed by atoms with E-state index < -0.39 is 77.5 Å². The third-order valence-electron chi connectivity index (χ3n) is 11.2. The number of nitrogens with one attached hydrogen (secondary N) is 6. The van der Waals surface area contributed by atoms with Gasteiger partial charge in [-0.1, -0.05) is 12.2 Å². The molecule has 402 valence electrons. The highest BCUT2D eigenvalue weighted by atomic mass is 32.1. The monoisotopic (exact) mass is 1160 g/mol. The van der Waals surface area contributed by atoms with E-state index in [2.05, 4.69) is 51.8 Å². The molecular formula is C48H49N13O10S6. The first-order chi connectivity index (χ1) is 36.6. The largest absolute Gasteiger partial charge is 0.392 e. The Bertz CT molecular complexity index is 3430. The van der Waals surface area contributed by atoms with Crippen molar-refractivity contribution in [2.45, 2.75) is 90.5 Å². The van der Waals surface area contributed by atoms with Gasteiger partial charge in [0.25, 0.3) is 29.5 Å². The van der Waals surface area contributed by atoms with Crippen molar-refractivity contribution >= 4 is 109 Å². The summed E-state index contributed by atoms with van der Waals surface area (Å²) in [4.78, 5) is 114. The number of nitrogens with zero attached hydrogens (tertiary/aromatic N) is 7. The van der Waals surface area contributed by atoms with Crippen molar-refractivity contribution in [1.82, 2.24) is 66.8 Å². The molecule has 0 fully saturated rings. The normalized spacial score (nSPS) is 18.6. The molecule has 8 rings (SSSR count). The zero-order chi connectivity index (χ0) is 55.5. The summed E-state index contributed by atoms with van der Waals surface area (Å²) in [5.74, 6) is -4.15. The van der Waals surface area contributed by atoms with Crippen LogP contribution in [0.5, 0.6) is 0 Å². The van der Waals surface area contributed by atoms with Crippen LogP contribution in [0.15, 0.2) is 62.3 Å². The Balaban J connectivity index is 1.15. The highest BCUT2D eigenvalue weighted by Crippen LogP contribution is 2.38. The Morgan fingerprint density at radius 2 is 1.19 bits per heavy atom. The number of aliphatic hydroxyl groups is 4. The number of aliphatic hydroxyl groups excluding tert-OH is 3. The van der Waals surface area contributed by atoms with Crippen LogP contribution in [-0.4, -0.2) is 127 Å². The zero-order valence-electron chi connectivity index (χ0n) is 41.8. The van der Waals surface area contributed by atoms with E-state index in [1.165, 1.54) is 79.6 Å². The summed E-state index contributed by atoms with van der Waals surface area (Å²) in [5, 5.41) is 69.9. The molecule has 0 unspecified atom stereocenters. The Morgan fingerprint density at radius 3 is 1.86 bits per heavy atom. The van der Waals surface area contributed by atoms with Crippen LogP contribution in [0.25, 0.3) is 49.1 Å². The van der Waals surface area contributed by atoms with Crippen molar-refractivity contribution in [2.75, 3.05) is 6.54 Å². The molecule has 8 heterocycles. The number of rotatable bonds is 10. The molecule has 0 spiro atoms. The first-order valence-electron chi connectivity index (χ1n) is 23.3. The number of amides is 6. The Labute approximate surface area is 462 Å². The van der Waals surface area contributed by atoms with Crippen LogP contribution >= 0.6 is 68.0 Å². The van der Waals surface area contributed by atoms with Crippen molar-refractivity contribution in [3.63, 3.8) is 0 Å². The average molecular weight is 1160 g/mol. The fourth-order valence-corrected chi connectivity index (χ4v) is 12.4. The van der Waals surface area contributed by atoms with Gasteiger partial charge in [0.05, 0.1) is 35.3 Å². The second-order valence-corrected chi connectivity index (χ2v) is 22.9. The maximum absolute atomic E-state index is 13.9. The molecule has 0 aromatic carbocycles. The minimum absolute atomic E-state index is 0.00724. The van der Waals surface area contributed by atoms with E-state index in [0.29, 0.717) is 37.7 Å². The summed E-state index contributed by atoms with van der Waals surface area (Å²) in [6, 6.07) is -0.252. The van der Waals surface area contributed by atoms with Crippen LogP contribution in [0, 0.1) is 0 Å². The maximum atomic E-state index is 13.9. The van der Waals surface area contributed by atoms with Crippen LogP contribution in [0.2, 0.25) is 0 Å². The van der Waals surface area contributed by atoms with Gasteiger partial charge >= 0.3 is 0 Å². The summed E-state index contributed by atoms with van der Waals surface area (Å²) >= 11 is 6.67. The van der Waals surface area contributed by atoms with Gasteiger partial charge in [0.1, 0.15) is 93.7 Å². The minimum Gasteiger partial charge on any atom is -0.392 e. The van der Waals surface area contributed by atoms with Gasteiger partial charge in [0.15, 0.2) is 0 Å². The summed E-state index contributed by atoms with van der Waals surface area (Å²) in [6.07, 6.45) is -0.384. The minimum atomic E-state index is -1.59. The third-order valence-corrected chi connectivity index (χ3v) is 16.5. The lowest BCUT2D eigenvalue weighted by Crippen LogP contribution is -2.52. The number of hydrogen-bond donors (Lipinski definition) is 10. The highest BCUT2D eigenvalue weighted by Gasteiger charge is 2.35. The number of carbonyl (C=O) groups excluding carboxylic acids is 6. The number of hydrogen-bond acceptors (Lipinski definition) is 23. The molecule has 0 aliphatic carbocycles. The van der Waals surface area contributed by atoms with Gasteiger partial charge in [-0.15, -0.1) is 68.0 Å². The Hall–Kier alpha value is -6.93. The van der Waals surface area contributed by atoms with E-state index in [1.54, 1.807) is 36.7 Å². The molecule has 8 bridgehead atoms. The molecule has 6 atom stereocenters. The molecule has 1 aliphatic heterocycles. The molecule has 7 aromatic rings. The summed E-state index contributed by atoms with van der Waals surface area (Å²) in [7, 11) is 0. The predicted octanol–water partition coefficient (Wildman–Crippen LogP) is 4.68. The molecule has 1 aliphatic rings. The highest BCUT2D eigenvalue weighted by molar-refractivity contribution is 7.15. The SMILES string of the molecule is CC=C(NC(=O)c1csc(-c2csc(-c3ccc4c(n3)-c3csc(n3)[C@@H]([C@H](C)O)NC(=O)c3csc(n3)[C@H](C(C)(C)O)NC(=O)c3csc(n3)C(=CC)NC(=O)[C@H]([C@@H](C)O)NC(=O)c3csc-4n3)n2)n1)C(=O)NC[C@@H](C)O. The van der Waals surface area contributed by atoms with Crippen molar-refractivity contribution in [2.24, 2.45) is 0 Å². The number of allylic oxidation sites excluding steroid dienone is 2. The van der Waals surface area contributed by atoms with E-state index >= 15 is 0 Å². The topological polar surface area (TPSA) is 346 Å². The van der Waals surface area contributed by atoms with E-state index in [0.717, 1.165) is 56.7 Å². The first-order valence-corrected chi connectivity index (χ1v) is 28.6. The second kappa shape index (κ2) is 23.8. The first kappa shape index (κ1) is 56.3. The molecule has 10 N–H and O–H groups in total. The van der Waals surface area contributed by atoms with Crippen molar-refractivity contribution < 1.29 is 49.2 Å². The molecular weight excluding hydrogens is 1110 g/mol. The molecule has 0 radical (unpaired) electrons. The molecule has 7 aromatic heterocycles. The van der Waals surface area contributed by atoms with Crippen LogP contribution in [-0.2, 0) is 9.59 Å². The molecule has 23 nitrogen and oxygen atoms in total. The van der Waals surface area contributed by atoms with E-state index in [1.807, 2.05) is 0 Å². The number of fused-ring (bicyclic) bond motifs is 11. The summed E-state index contributed by atoms with van der Waals surface area (Å²) in [5.41, 5.74) is 0.232. The maximum Gasteiger partial charge on any atom is 0.275 e. The van der Waals surface area contributed by atoms with Crippen molar-refractivity contribution in [1.29, 1.82) is 0 Å². The van der Waals surface area contributed by atoms with Gasteiger partial charge in [0.2, 0.25) is 5.91 Å². The molecule has 0 saturated heterocycles. The van der Waals surface area contributed by atoms with Gasteiger partial charge in [-0.25, -0.2) is 34.9 Å². The van der Waals surface area contributed by atoms with Crippen molar-refractivity contribution in [3.05, 3.63) is 100 Å². The van der Waals surface area contributed by atoms with Crippen LogP contribution < -0.4 is 31.9 Å². The third kappa shape index (κ3) is 12.9. The van der Waals surface area contributed by atoms with Gasteiger partial charge in [-0.05, 0) is 60.6 Å². The number of aromatic nitrogens is 7. The lowest BCUT2D eigenvalue weighted by atomic mass is 9.99. The van der Waals surface area contributed by atoms with Gasteiger partial charge in [-0.2, -0.15) is 0 Å².